The topological polar surface area (TPSA) is 94.9 Å². The van der Waals surface area contributed by atoms with E-state index in [0.29, 0.717) is 5.95 Å². The zero-order valence-corrected chi connectivity index (χ0v) is 6.91. The number of aromatic nitrogens is 3. The van der Waals surface area contributed by atoms with E-state index in [2.05, 4.69) is 15.2 Å². The number of anilines is 2. The molecule has 0 saturated heterocycles. The van der Waals surface area contributed by atoms with Crippen molar-refractivity contribution in [3.63, 3.8) is 0 Å². The molecule has 5 heteroatoms. The number of H-pyrrole nitrogens is 2. The van der Waals surface area contributed by atoms with E-state index in [1.165, 1.54) is 0 Å². The van der Waals surface area contributed by atoms with Gasteiger partial charge in [-0.15, -0.1) is 0 Å². The van der Waals surface area contributed by atoms with Gasteiger partial charge in [-0.3, -0.25) is 0 Å². The summed E-state index contributed by atoms with van der Waals surface area (Å²) in [6.45, 7) is 0. The van der Waals surface area contributed by atoms with Crippen molar-refractivity contribution in [2.45, 2.75) is 0 Å². The smallest absolute Gasteiger partial charge is 0.373 e. The summed E-state index contributed by atoms with van der Waals surface area (Å²) in [5.41, 5.74) is 12.7. The first-order chi connectivity index (χ1) is 6.25. The average molecular weight is 176 g/mol. The first kappa shape index (κ1) is 7.60. The van der Waals surface area contributed by atoms with Crippen LogP contribution in [-0.4, -0.2) is 10.2 Å². The fourth-order valence-electron chi connectivity index (χ4n) is 1.09. The van der Waals surface area contributed by atoms with Crippen LogP contribution >= 0.6 is 0 Å². The van der Waals surface area contributed by atoms with Crippen LogP contribution < -0.4 is 16.5 Å². The maximum Gasteiger partial charge on any atom is 0.373 e. The minimum Gasteiger partial charge on any atom is -0.399 e. The number of rotatable bonds is 1. The van der Waals surface area contributed by atoms with Crippen molar-refractivity contribution < 1.29 is 4.98 Å². The van der Waals surface area contributed by atoms with Gasteiger partial charge in [-0.25, -0.2) is 4.98 Å². The number of nitrogens with zero attached hydrogens (tertiary/aromatic N) is 1. The number of benzene rings is 1. The molecule has 5 nitrogen and oxygen atoms in total. The predicted octanol–water partition coefficient (Wildman–Crippen LogP) is 0.0552. The first-order valence-electron chi connectivity index (χ1n) is 3.85. The fourth-order valence-corrected chi connectivity index (χ4v) is 1.09. The summed E-state index contributed by atoms with van der Waals surface area (Å²) in [4.78, 5) is 2.88. The van der Waals surface area contributed by atoms with Crippen molar-refractivity contribution in [3.05, 3.63) is 24.3 Å². The standard InChI is InChI=1S/C8H9N5/c9-6-3-1-5(2-4-6)7-11-8(10)13-12-7/h1-4H,9H2,(H3,10,11,12,13)/p+1. The van der Waals surface area contributed by atoms with Crippen LogP contribution in [0.1, 0.15) is 0 Å². The molecule has 0 aliphatic heterocycles. The Kier molecular flexibility index (Phi) is 1.63. The van der Waals surface area contributed by atoms with Gasteiger partial charge >= 0.3 is 5.95 Å². The van der Waals surface area contributed by atoms with Crippen LogP contribution in [0.15, 0.2) is 24.3 Å². The molecule has 0 spiro atoms. The average Bonchev–Trinajstić information content (AvgIpc) is 2.53. The van der Waals surface area contributed by atoms with Crippen LogP contribution in [0.25, 0.3) is 11.4 Å². The molecule has 0 unspecified atom stereocenters. The van der Waals surface area contributed by atoms with E-state index < -0.39 is 0 Å². The molecule has 0 bridgehead atoms. The van der Waals surface area contributed by atoms with Gasteiger partial charge in [-0.1, -0.05) is 0 Å². The number of nitrogens with two attached hydrogens (primary N) is 2. The Hall–Kier alpha value is -2.04. The van der Waals surface area contributed by atoms with Gasteiger partial charge < -0.3 is 11.5 Å². The highest BCUT2D eigenvalue weighted by molar-refractivity contribution is 5.56. The molecule has 66 valence electrons. The summed E-state index contributed by atoms with van der Waals surface area (Å²) in [6, 6.07) is 7.41. The Balaban J connectivity index is 2.41. The molecule has 0 atom stereocenters. The van der Waals surface area contributed by atoms with Gasteiger partial charge in [0.15, 0.2) is 0 Å². The lowest BCUT2D eigenvalue weighted by Gasteiger charge is -1.93. The zero-order chi connectivity index (χ0) is 9.26. The predicted molar refractivity (Wildman–Crippen MR) is 49.4 cm³/mol. The number of aromatic amines is 2. The number of hydrogen-bond donors (Lipinski definition) is 3. The molecule has 0 aliphatic rings. The van der Waals surface area contributed by atoms with Crippen LogP contribution in [0, 0.1) is 0 Å². The largest absolute Gasteiger partial charge is 0.399 e. The van der Waals surface area contributed by atoms with E-state index in [0.717, 1.165) is 17.1 Å². The zero-order valence-electron chi connectivity index (χ0n) is 6.91. The maximum atomic E-state index is 5.55. The minimum absolute atomic E-state index is 0.367. The molecular weight excluding hydrogens is 166 g/mol. The van der Waals surface area contributed by atoms with Gasteiger partial charge in [0.1, 0.15) is 0 Å². The van der Waals surface area contributed by atoms with Crippen molar-refractivity contribution in [1.29, 1.82) is 0 Å². The third kappa shape index (κ3) is 1.44. The van der Waals surface area contributed by atoms with Crippen LogP contribution in [0.4, 0.5) is 11.6 Å². The third-order valence-corrected chi connectivity index (χ3v) is 1.74. The number of nitrogen functional groups attached to an aromatic ring is 2. The molecule has 2 rings (SSSR count). The van der Waals surface area contributed by atoms with Gasteiger partial charge in [0.25, 0.3) is 0 Å². The molecule has 1 aromatic carbocycles. The second-order valence-corrected chi connectivity index (χ2v) is 2.73. The van der Waals surface area contributed by atoms with Crippen molar-refractivity contribution in [2.24, 2.45) is 0 Å². The van der Waals surface area contributed by atoms with Gasteiger partial charge in [-0.05, 0) is 24.3 Å². The lowest BCUT2D eigenvalue weighted by Crippen LogP contribution is -2.08. The van der Waals surface area contributed by atoms with E-state index in [9.17, 15) is 0 Å². The van der Waals surface area contributed by atoms with Gasteiger partial charge in [-0.2, -0.15) is 5.10 Å². The molecule has 13 heavy (non-hydrogen) atoms. The quantitative estimate of drug-likeness (QED) is 0.536. The summed E-state index contributed by atoms with van der Waals surface area (Å²) in [6.07, 6.45) is 0. The van der Waals surface area contributed by atoms with Crippen LogP contribution in [-0.2, 0) is 0 Å². The van der Waals surface area contributed by atoms with Crippen LogP contribution in [0.2, 0.25) is 0 Å². The molecule has 1 heterocycles. The Morgan fingerprint density at radius 2 is 1.85 bits per heavy atom. The Bertz CT molecular complexity index is 403. The number of nitrogens with one attached hydrogen (secondary N) is 2. The summed E-state index contributed by atoms with van der Waals surface area (Å²) < 4.78 is 0. The lowest BCUT2D eigenvalue weighted by atomic mass is 10.2. The second-order valence-electron chi connectivity index (χ2n) is 2.73. The van der Waals surface area contributed by atoms with E-state index >= 15 is 0 Å². The molecule has 0 aliphatic carbocycles. The molecule has 6 N–H and O–H groups in total. The van der Waals surface area contributed by atoms with Crippen molar-refractivity contribution >= 4 is 11.6 Å². The monoisotopic (exact) mass is 176 g/mol. The third-order valence-electron chi connectivity index (χ3n) is 1.74. The van der Waals surface area contributed by atoms with Gasteiger partial charge in [0, 0.05) is 16.3 Å². The molecule has 2 aromatic rings. The molecule has 0 saturated carbocycles. The van der Waals surface area contributed by atoms with Crippen molar-refractivity contribution in [1.82, 2.24) is 10.2 Å². The van der Waals surface area contributed by atoms with Crippen LogP contribution in [0.5, 0.6) is 0 Å². The molecule has 1 aromatic heterocycles. The minimum atomic E-state index is 0.367. The normalized spacial score (nSPS) is 10.2. The Morgan fingerprint density at radius 1 is 1.15 bits per heavy atom. The molecular formula is C8H10N5+. The molecule has 0 amide bonds. The van der Waals surface area contributed by atoms with Gasteiger partial charge in [0.05, 0.1) is 0 Å². The summed E-state index contributed by atoms with van der Waals surface area (Å²) >= 11 is 0. The summed E-state index contributed by atoms with van der Waals surface area (Å²) in [5.74, 6) is 1.14. The highest BCUT2D eigenvalue weighted by atomic mass is 15.3. The van der Waals surface area contributed by atoms with E-state index in [-0.39, 0.29) is 0 Å². The fraction of sp³-hybridized carbons (Fsp3) is 0. The van der Waals surface area contributed by atoms with E-state index in [1.54, 1.807) is 0 Å². The highest BCUT2D eigenvalue weighted by Gasteiger charge is 2.06. The Morgan fingerprint density at radius 3 is 2.38 bits per heavy atom. The lowest BCUT2D eigenvalue weighted by molar-refractivity contribution is -0.346. The SMILES string of the molecule is Nc1ccc(-c2[nH]nc(N)[nH+]2)cc1. The summed E-state index contributed by atoms with van der Waals surface area (Å²) in [5, 5.41) is 6.55. The molecule has 0 radical (unpaired) electrons. The Labute approximate surface area is 74.8 Å². The van der Waals surface area contributed by atoms with Crippen molar-refractivity contribution in [3.8, 4) is 11.4 Å². The van der Waals surface area contributed by atoms with E-state index in [1.807, 2.05) is 24.3 Å². The molecule has 0 fully saturated rings. The maximum absolute atomic E-state index is 5.55. The summed E-state index contributed by atoms with van der Waals surface area (Å²) in [7, 11) is 0. The second kappa shape index (κ2) is 2.78. The van der Waals surface area contributed by atoms with Gasteiger partial charge in [0.2, 0.25) is 5.82 Å². The first-order valence-corrected chi connectivity index (χ1v) is 3.85. The van der Waals surface area contributed by atoms with Crippen LogP contribution in [0.3, 0.4) is 0 Å². The van der Waals surface area contributed by atoms with E-state index in [4.69, 9.17) is 11.5 Å². The van der Waals surface area contributed by atoms with Crippen molar-refractivity contribution in [2.75, 3.05) is 11.5 Å². The highest BCUT2D eigenvalue weighted by Crippen LogP contribution is 2.13. The number of hydrogen-bond acceptors (Lipinski definition) is 3.